The molecule has 0 fully saturated rings. The molecule has 9 heteroatoms. The molecule has 192 valence electrons. The number of likely N-dealkylation sites (N-methyl/N-ethyl adjacent to an activating group) is 1. The van der Waals surface area contributed by atoms with Crippen LogP contribution in [0.4, 0.5) is 5.69 Å². The van der Waals surface area contributed by atoms with Crippen molar-refractivity contribution in [1.82, 2.24) is 9.88 Å². The van der Waals surface area contributed by atoms with E-state index in [-0.39, 0.29) is 29.3 Å². The molecule has 0 radical (unpaired) electrons. The molecule has 1 aliphatic rings. The summed E-state index contributed by atoms with van der Waals surface area (Å²) in [5.41, 5.74) is 3.07. The van der Waals surface area contributed by atoms with Gasteiger partial charge in [-0.25, -0.2) is 4.98 Å². The zero-order valence-corrected chi connectivity index (χ0v) is 22.2. The number of para-hydroxylation sites is 1. The number of amides is 3. The van der Waals surface area contributed by atoms with Crippen molar-refractivity contribution in [3.63, 3.8) is 0 Å². The molecule has 0 atom stereocenters. The number of imide groups is 1. The predicted octanol–water partition coefficient (Wildman–Crippen LogP) is 6.08. The van der Waals surface area contributed by atoms with Crippen molar-refractivity contribution in [2.24, 2.45) is 0 Å². The molecule has 3 amide bonds. The fourth-order valence-corrected chi connectivity index (χ4v) is 5.08. The normalized spacial score (nSPS) is 12.7. The van der Waals surface area contributed by atoms with E-state index in [4.69, 9.17) is 27.9 Å². The summed E-state index contributed by atoms with van der Waals surface area (Å²) in [6.45, 7) is 3.59. The Hall–Kier alpha value is -3.94. The summed E-state index contributed by atoms with van der Waals surface area (Å²) in [6.07, 6.45) is 0. The summed E-state index contributed by atoms with van der Waals surface area (Å²) in [5, 5.41) is 1.57. The number of anilines is 1. The van der Waals surface area contributed by atoms with Crippen molar-refractivity contribution in [3.05, 3.63) is 99.2 Å². The predicted molar refractivity (Wildman–Crippen MR) is 147 cm³/mol. The Morgan fingerprint density at radius 1 is 0.947 bits per heavy atom. The number of carbonyl (C=O) groups is 3. The maximum Gasteiger partial charge on any atom is 0.262 e. The Morgan fingerprint density at radius 2 is 1.66 bits per heavy atom. The molecule has 5 rings (SSSR count). The molecule has 4 aromatic rings. The summed E-state index contributed by atoms with van der Waals surface area (Å²) in [5.74, 6) is -0.861. The molecular formula is C29H23Cl2N3O4. The van der Waals surface area contributed by atoms with Crippen molar-refractivity contribution in [2.45, 2.75) is 20.5 Å². The zero-order valence-electron chi connectivity index (χ0n) is 20.7. The molecule has 3 aromatic carbocycles. The molecule has 0 saturated heterocycles. The fourth-order valence-electron chi connectivity index (χ4n) is 4.49. The number of aromatic nitrogens is 1. The number of nitrogens with zero attached hydrogens (tertiary/aromatic N) is 3. The number of rotatable bonds is 7. The van der Waals surface area contributed by atoms with Crippen molar-refractivity contribution >= 4 is 57.5 Å². The van der Waals surface area contributed by atoms with Crippen LogP contribution in [0.3, 0.4) is 0 Å². The number of benzene rings is 3. The fraction of sp³-hybridized carbons (Fsp3) is 0.172. The standard InChI is InChI=1S/C29H23Cl2N3O4/c1-3-33(25(35)15-34-28(36)19-8-4-5-9-20(19)29(34)37)23-14-13-22(30)21(26(23)31)16-38-24-10-6-7-18-12-11-17(2)32-27(18)24/h4-14H,3,15-16H2,1-2H3. The maximum absolute atomic E-state index is 13.3. The molecule has 1 aromatic heterocycles. The maximum atomic E-state index is 13.3. The lowest BCUT2D eigenvalue weighted by Gasteiger charge is -2.25. The van der Waals surface area contributed by atoms with Gasteiger partial charge in [-0.3, -0.25) is 19.3 Å². The molecule has 0 unspecified atom stereocenters. The number of fused-ring (bicyclic) bond motifs is 2. The molecule has 2 heterocycles. The van der Waals surface area contributed by atoms with Crippen LogP contribution in [-0.2, 0) is 11.4 Å². The van der Waals surface area contributed by atoms with Crippen LogP contribution >= 0.6 is 23.2 Å². The Morgan fingerprint density at radius 3 is 2.34 bits per heavy atom. The summed E-state index contributed by atoms with van der Waals surface area (Å²) in [7, 11) is 0. The van der Waals surface area contributed by atoms with Gasteiger partial charge in [-0.2, -0.15) is 0 Å². The van der Waals surface area contributed by atoms with E-state index in [2.05, 4.69) is 4.98 Å². The average molecular weight is 548 g/mol. The second kappa shape index (κ2) is 10.4. The smallest absolute Gasteiger partial charge is 0.262 e. The van der Waals surface area contributed by atoms with E-state index in [9.17, 15) is 14.4 Å². The monoisotopic (exact) mass is 547 g/mol. The Labute approximate surface area is 229 Å². The van der Waals surface area contributed by atoms with Crippen molar-refractivity contribution in [2.75, 3.05) is 18.0 Å². The topological polar surface area (TPSA) is 79.8 Å². The summed E-state index contributed by atoms with van der Waals surface area (Å²) < 4.78 is 6.09. The minimum Gasteiger partial charge on any atom is -0.487 e. The van der Waals surface area contributed by atoms with Gasteiger partial charge in [0, 0.05) is 28.2 Å². The largest absolute Gasteiger partial charge is 0.487 e. The number of hydrogen-bond acceptors (Lipinski definition) is 5. The van der Waals surface area contributed by atoms with Crippen molar-refractivity contribution in [3.8, 4) is 5.75 Å². The molecule has 0 aliphatic carbocycles. The molecule has 38 heavy (non-hydrogen) atoms. The number of hydrogen-bond donors (Lipinski definition) is 0. The third-order valence-corrected chi connectivity index (χ3v) is 7.22. The van der Waals surface area contributed by atoms with Gasteiger partial charge >= 0.3 is 0 Å². The molecule has 0 bridgehead atoms. The minimum absolute atomic E-state index is 0.0460. The number of pyridine rings is 1. The van der Waals surface area contributed by atoms with Gasteiger partial charge in [-0.15, -0.1) is 0 Å². The highest BCUT2D eigenvalue weighted by Crippen LogP contribution is 2.36. The molecular weight excluding hydrogens is 525 g/mol. The van der Waals surface area contributed by atoms with Crippen LogP contribution in [0.25, 0.3) is 10.9 Å². The van der Waals surface area contributed by atoms with E-state index < -0.39 is 24.3 Å². The van der Waals surface area contributed by atoms with Crippen LogP contribution < -0.4 is 9.64 Å². The first-order chi connectivity index (χ1) is 18.3. The Bertz CT molecular complexity index is 1570. The van der Waals surface area contributed by atoms with Gasteiger partial charge in [0.05, 0.1) is 21.8 Å². The highest BCUT2D eigenvalue weighted by atomic mass is 35.5. The van der Waals surface area contributed by atoms with Crippen LogP contribution in [0, 0.1) is 6.92 Å². The van der Waals surface area contributed by atoms with Gasteiger partial charge in [-0.1, -0.05) is 53.5 Å². The van der Waals surface area contributed by atoms with Gasteiger partial charge in [0.25, 0.3) is 11.8 Å². The summed E-state index contributed by atoms with van der Waals surface area (Å²) in [6, 6.07) is 19.4. The first-order valence-corrected chi connectivity index (χ1v) is 12.8. The first kappa shape index (κ1) is 25.7. The molecule has 0 saturated carbocycles. The van der Waals surface area contributed by atoms with Gasteiger partial charge in [0.15, 0.2) is 0 Å². The second-order valence-electron chi connectivity index (χ2n) is 8.81. The van der Waals surface area contributed by atoms with Crippen molar-refractivity contribution < 1.29 is 19.1 Å². The lowest BCUT2D eigenvalue weighted by atomic mass is 10.1. The quantitative estimate of drug-likeness (QED) is 0.262. The highest BCUT2D eigenvalue weighted by Gasteiger charge is 2.37. The van der Waals surface area contributed by atoms with Gasteiger partial charge in [0.2, 0.25) is 5.91 Å². The Balaban J connectivity index is 1.39. The van der Waals surface area contributed by atoms with E-state index >= 15 is 0 Å². The van der Waals surface area contributed by atoms with Crippen LogP contribution in [-0.4, -0.2) is 40.7 Å². The lowest BCUT2D eigenvalue weighted by molar-refractivity contribution is -0.118. The van der Waals surface area contributed by atoms with Gasteiger partial charge in [-0.05, 0) is 50.2 Å². The van der Waals surface area contributed by atoms with Gasteiger partial charge in [0.1, 0.15) is 24.4 Å². The lowest BCUT2D eigenvalue weighted by Crippen LogP contribution is -2.43. The third kappa shape index (κ3) is 4.59. The van der Waals surface area contributed by atoms with Crippen LogP contribution in [0.2, 0.25) is 10.0 Å². The van der Waals surface area contributed by atoms with Gasteiger partial charge < -0.3 is 9.64 Å². The third-order valence-electron chi connectivity index (χ3n) is 6.44. The number of aryl methyl sites for hydroxylation is 1. The minimum atomic E-state index is -0.495. The second-order valence-corrected chi connectivity index (χ2v) is 9.59. The highest BCUT2D eigenvalue weighted by molar-refractivity contribution is 6.38. The number of carbonyl (C=O) groups excluding carboxylic acids is 3. The number of ether oxygens (including phenoxy) is 1. The molecule has 1 aliphatic heterocycles. The van der Waals surface area contributed by atoms with E-state index in [1.54, 1.807) is 43.3 Å². The summed E-state index contributed by atoms with van der Waals surface area (Å²) >= 11 is 13.3. The average Bonchev–Trinajstić information content (AvgIpc) is 3.15. The molecule has 7 nitrogen and oxygen atoms in total. The number of halogens is 2. The Kier molecular flexibility index (Phi) is 7.06. The first-order valence-electron chi connectivity index (χ1n) is 12.0. The molecule has 0 N–H and O–H groups in total. The van der Waals surface area contributed by atoms with Crippen LogP contribution in [0.5, 0.6) is 5.75 Å². The molecule has 0 spiro atoms. The van der Waals surface area contributed by atoms with E-state index in [0.29, 0.717) is 22.0 Å². The van der Waals surface area contributed by atoms with E-state index in [0.717, 1.165) is 21.5 Å². The van der Waals surface area contributed by atoms with Crippen LogP contribution in [0.1, 0.15) is 38.9 Å². The SMILES string of the molecule is CCN(C(=O)CN1C(=O)c2ccccc2C1=O)c1ccc(Cl)c(COc2cccc3ccc(C)nc23)c1Cl. The van der Waals surface area contributed by atoms with E-state index in [1.165, 1.54) is 4.90 Å². The summed E-state index contributed by atoms with van der Waals surface area (Å²) in [4.78, 5) is 45.8. The van der Waals surface area contributed by atoms with Crippen LogP contribution in [0.15, 0.2) is 66.7 Å². The van der Waals surface area contributed by atoms with E-state index in [1.807, 2.05) is 37.3 Å². The zero-order chi connectivity index (χ0) is 27.0. The van der Waals surface area contributed by atoms with Crippen molar-refractivity contribution in [1.29, 1.82) is 0 Å².